The Morgan fingerprint density at radius 2 is 2.29 bits per heavy atom. The van der Waals surface area contributed by atoms with E-state index < -0.39 is 6.10 Å². The monoisotopic (exact) mass is 307 g/mol. The van der Waals surface area contributed by atoms with Crippen molar-refractivity contribution in [2.75, 3.05) is 13.1 Å². The number of rotatable bonds is 2. The summed E-state index contributed by atoms with van der Waals surface area (Å²) in [5.74, 6) is -0.180. The third-order valence-electron chi connectivity index (χ3n) is 4.29. The van der Waals surface area contributed by atoms with Gasteiger partial charge in [-0.15, -0.1) is 11.3 Å². The average Bonchev–Trinajstić information content (AvgIpc) is 3.04. The SMILES string of the molecule is Cc1c(C(=O)N2CCC(C(C)O)C2)sc2cccc(F)c12. The highest BCUT2D eigenvalue weighted by molar-refractivity contribution is 7.21. The molecule has 1 saturated heterocycles. The van der Waals surface area contributed by atoms with Crippen molar-refractivity contribution in [3.63, 3.8) is 0 Å². The molecule has 3 rings (SSSR count). The van der Waals surface area contributed by atoms with E-state index >= 15 is 0 Å². The highest BCUT2D eigenvalue weighted by Gasteiger charge is 2.31. The number of aryl methyl sites for hydroxylation is 1. The number of benzene rings is 1. The standard InChI is InChI=1S/C16H18FNO2S/c1-9-14-12(17)4-3-5-13(14)21-15(9)16(20)18-7-6-11(8-18)10(2)19/h3-5,10-11,19H,6-8H2,1-2H3. The number of aliphatic hydroxyl groups excluding tert-OH is 1. The Kier molecular flexibility index (Phi) is 3.71. The Balaban J connectivity index is 1.93. The summed E-state index contributed by atoms with van der Waals surface area (Å²) in [6.45, 7) is 4.80. The third kappa shape index (κ3) is 2.45. The van der Waals surface area contributed by atoms with Crippen LogP contribution in [0, 0.1) is 18.7 Å². The lowest BCUT2D eigenvalue weighted by atomic mass is 10.0. The zero-order valence-corrected chi connectivity index (χ0v) is 12.9. The summed E-state index contributed by atoms with van der Waals surface area (Å²) in [4.78, 5) is 15.0. The number of thiophene rings is 1. The summed E-state index contributed by atoms with van der Waals surface area (Å²) in [5.41, 5.74) is 0.721. The Morgan fingerprint density at radius 3 is 2.90 bits per heavy atom. The summed E-state index contributed by atoms with van der Waals surface area (Å²) in [6, 6.07) is 4.94. The highest BCUT2D eigenvalue weighted by Crippen LogP contribution is 2.34. The van der Waals surface area contributed by atoms with Gasteiger partial charge in [-0.1, -0.05) is 6.07 Å². The fourth-order valence-corrected chi connectivity index (χ4v) is 4.16. The Hall–Kier alpha value is -1.46. The van der Waals surface area contributed by atoms with E-state index in [4.69, 9.17) is 0 Å². The van der Waals surface area contributed by atoms with E-state index in [-0.39, 0.29) is 17.6 Å². The van der Waals surface area contributed by atoms with Crippen LogP contribution >= 0.6 is 11.3 Å². The largest absolute Gasteiger partial charge is 0.393 e. The number of carbonyl (C=O) groups excluding carboxylic acids is 1. The van der Waals surface area contributed by atoms with Crippen LogP contribution in [0.5, 0.6) is 0 Å². The Bertz CT molecular complexity index is 695. The molecule has 2 atom stereocenters. The molecular formula is C16H18FNO2S. The molecule has 1 amide bonds. The molecule has 1 fully saturated rings. The lowest BCUT2D eigenvalue weighted by Crippen LogP contribution is -2.30. The summed E-state index contributed by atoms with van der Waals surface area (Å²) >= 11 is 1.35. The maximum atomic E-state index is 13.9. The van der Waals surface area contributed by atoms with Crippen molar-refractivity contribution in [2.45, 2.75) is 26.4 Å². The smallest absolute Gasteiger partial charge is 0.264 e. The molecule has 1 aromatic carbocycles. The Labute approximate surface area is 127 Å². The van der Waals surface area contributed by atoms with Crippen LogP contribution in [0.2, 0.25) is 0 Å². The van der Waals surface area contributed by atoms with E-state index in [9.17, 15) is 14.3 Å². The van der Waals surface area contributed by atoms with Crippen LogP contribution in [-0.2, 0) is 0 Å². The zero-order chi connectivity index (χ0) is 15.1. The first-order chi connectivity index (χ1) is 9.99. The molecule has 3 nitrogen and oxygen atoms in total. The van der Waals surface area contributed by atoms with Gasteiger partial charge in [0, 0.05) is 29.1 Å². The van der Waals surface area contributed by atoms with Gasteiger partial charge in [0.15, 0.2) is 0 Å². The molecule has 1 aliphatic heterocycles. The van der Waals surface area contributed by atoms with Gasteiger partial charge in [0.2, 0.25) is 0 Å². The van der Waals surface area contributed by atoms with Crippen LogP contribution in [0.15, 0.2) is 18.2 Å². The molecule has 5 heteroatoms. The fourth-order valence-electron chi connectivity index (χ4n) is 2.97. The normalized spacial score (nSPS) is 20.2. The number of nitrogens with zero attached hydrogens (tertiary/aromatic N) is 1. The van der Waals surface area contributed by atoms with Crippen molar-refractivity contribution in [3.05, 3.63) is 34.5 Å². The number of fused-ring (bicyclic) bond motifs is 1. The number of aliphatic hydroxyl groups is 1. The minimum absolute atomic E-state index is 0.0451. The predicted octanol–water partition coefficient (Wildman–Crippen LogP) is 3.19. The van der Waals surface area contributed by atoms with Gasteiger partial charge in [-0.2, -0.15) is 0 Å². The lowest BCUT2D eigenvalue weighted by Gasteiger charge is -2.17. The van der Waals surface area contributed by atoms with Gasteiger partial charge < -0.3 is 10.0 Å². The molecule has 21 heavy (non-hydrogen) atoms. The first-order valence-corrected chi connectivity index (χ1v) is 7.95. The topological polar surface area (TPSA) is 40.5 Å². The number of likely N-dealkylation sites (tertiary alicyclic amines) is 1. The molecule has 2 unspecified atom stereocenters. The van der Waals surface area contributed by atoms with Gasteiger partial charge in [0.1, 0.15) is 5.82 Å². The molecule has 2 aromatic rings. The molecule has 2 heterocycles. The Morgan fingerprint density at radius 1 is 1.52 bits per heavy atom. The number of carbonyl (C=O) groups is 1. The van der Waals surface area contributed by atoms with Crippen LogP contribution in [0.25, 0.3) is 10.1 Å². The summed E-state index contributed by atoms with van der Waals surface area (Å²) in [5, 5.41) is 10.2. The molecule has 0 bridgehead atoms. The fraction of sp³-hybridized carbons (Fsp3) is 0.438. The maximum Gasteiger partial charge on any atom is 0.264 e. The molecule has 1 aromatic heterocycles. The van der Waals surface area contributed by atoms with E-state index in [0.29, 0.717) is 23.4 Å². The van der Waals surface area contributed by atoms with Crippen molar-refractivity contribution in [3.8, 4) is 0 Å². The van der Waals surface area contributed by atoms with Crippen LogP contribution in [0.4, 0.5) is 4.39 Å². The predicted molar refractivity (Wildman–Crippen MR) is 82.2 cm³/mol. The van der Waals surface area contributed by atoms with Crippen molar-refractivity contribution in [1.82, 2.24) is 4.90 Å². The lowest BCUT2D eigenvalue weighted by molar-refractivity contribution is 0.0766. The van der Waals surface area contributed by atoms with Gasteiger partial charge in [-0.25, -0.2) is 4.39 Å². The highest BCUT2D eigenvalue weighted by atomic mass is 32.1. The molecule has 0 saturated carbocycles. The van der Waals surface area contributed by atoms with Crippen LogP contribution in [0.1, 0.15) is 28.6 Å². The molecule has 1 aliphatic rings. The van der Waals surface area contributed by atoms with Crippen molar-refractivity contribution in [2.24, 2.45) is 5.92 Å². The second-order valence-corrected chi connectivity index (χ2v) is 6.76. The second-order valence-electron chi connectivity index (χ2n) is 5.71. The minimum atomic E-state index is -0.399. The van der Waals surface area contributed by atoms with E-state index in [1.54, 1.807) is 24.8 Å². The van der Waals surface area contributed by atoms with Crippen molar-refractivity contribution in [1.29, 1.82) is 0 Å². The van der Waals surface area contributed by atoms with Gasteiger partial charge in [0.05, 0.1) is 11.0 Å². The second kappa shape index (κ2) is 5.39. The summed E-state index contributed by atoms with van der Waals surface area (Å²) in [6.07, 6.45) is 0.422. The van der Waals surface area contributed by atoms with E-state index in [0.717, 1.165) is 16.7 Å². The molecule has 0 spiro atoms. The third-order valence-corrected chi connectivity index (χ3v) is 5.54. The van der Waals surface area contributed by atoms with Crippen LogP contribution in [-0.4, -0.2) is 35.1 Å². The zero-order valence-electron chi connectivity index (χ0n) is 12.1. The number of hydrogen-bond acceptors (Lipinski definition) is 3. The van der Waals surface area contributed by atoms with Gasteiger partial charge in [0.25, 0.3) is 5.91 Å². The first-order valence-electron chi connectivity index (χ1n) is 7.14. The molecule has 0 aliphatic carbocycles. The van der Waals surface area contributed by atoms with Crippen molar-refractivity contribution < 1.29 is 14.3 Å². The molecule has 1 N–H and O–H groups in total. The summed E-state index contributed by atoms with van der Waals surface area (Å²) < 4.78 is 14.7. The van der Waals surface area contributed by atoms with Crippen molar-refractivity contribution >= 4 is 27.3 Å². The van der Waals surface area contributed by atoms with E-state index in [1.165, 1.54) is 17.4 Å². The van der Waals surface area contributed by atoms with E-state index in [2.05, 4.69) is 0 Å². The molecule has 0 radical (unpaired) electrons. The quantitative estimate of drug-likeness (QED) is 0.925. The first kappa shape index (κ1) is 14.5. The van der Waals surface area contributed by atoms with Gasteiger partial charge >= 0.3 is 0 Å². The molecule has 112 valence electrons. The average molecular weight is 307 g/mol. The van der Waals surface area contributed by atoms with Gasteiger partial charge in [-0.05, 0) is 38.0 Å². The van der Waals surface area contributed by atoms with Crippen LogP contribution in [0.3, 0.4) is 0 Å². The van der Waals surface area contributed by atoms with Crippen LogP contribution < -0.4 is 0 Å². The minimum Gasteiger partial charge on any atom is -0.393 e. The number of hydrogen-bond donors (Lipinski definition) is 1. The summed E-state index contributed by atoms with van der Waals surface area (Å²) in [7, 11) is 0. The number of amides is 1. The molecular weight excluding hydrogens is 289 g/mol. The van der Waals surface area contributed by atoms with E-state index in [1.807, 2.05) is 6.07 Å². The maximum absolute atomic E-state index is 13.9. The number of halogens is 1. The van der Waals surface area contributed by atoms with Gasteiger partial charge in [-0.3, -0.25) is 4.79 Å².